The number of rotatable bonds is 3. The summed E-state index contributed by atoms with van der Waals surface area (Å²) >= 11 is 3.14. The molecule has 0 fully saturated rings. The van der Waals surface area contributed by atoms with Crippen molar-refractivity contribution in [1.82, 2.24) is 0 Å². The maximum Gasteiger partial charge on any atom is 0.169 e. The SMILES string of the molecule is CC(F)(CN)Cc1ccc(Br)o1. The average molecular weight is 236 g/mol. The Morgan fingerprint density at radius 1 is 1.67 bits per heavy atom. The van der Waals surface area contributed by atoms with Gasteiger partial charge < -0.3 is 10.2 Å². The van der Waals surface area contributed by atoms with Gasteiger partial charge in [-0.25, -0.2) is 4.39 Å². The van der Waals surface area contributed by atoms with Crippen LogP contribution in [0.1, 0.15) is 12.7 Å². The number of hydrogen-bond donors (Lipinski definition) is 1. The van der Waals surface area contributed by atoms with Gasteiger partial charge in [0.05, 0.1) is 0 Å². The fourth-order valence-corrected chi connectivity index (χ4v) is 1.22. The van der Waals surface area contributed by atoms with Crippen LogP contribution in [0.5, 0.6) is 0 Å². The first-order valence-electron chi connectivity index (χ1n) is 3.67. The molecule has 0 saturated heterocycles. The minimum absolute atomic E-state index is 0.00528. The van der Waals surface area contributed by atoms with E-state index in [1.807, 2.05) is 0 Å². The normalized spacial score (nSPS) is 16.0. The summed E-state index contributed by atoms with van der Waals surface area (Å²) in [6.45, 7) is 1.47. The van der Waals surface area contributed by atoms with Gasteiger partial charge in [-0.3, -0.25) is 0 Å². The molecule has 68 valence electrons. The summed E-state index contributed by atoms with van der Waals surface area (Å²) in [6.07, 6.45) is 0.217. The van der Waals surface area contributed by atoms with Crippen LogP contribution < -0.4 is 5.73 Å². The van der Waals surface area contributed by atoms with E-state index in [9.17, 15) is 4.39 Å². The third-order valence-corrected chi connectivity index (χ3v) is 2.02. The predicted molar refractivity (Wildman–Crippen MR) is 48.7 cm³/mol. The monoisotopic (exact) mass is 235 g/mol. The Balaban J connectivity index is 2.63. The van der Waals surface area contributed by atoms with Crippen molar-refractivity contribution in [3.05, 3.63) is 22.6 Å². The molecule has 0 aliphatic carbocycles. The van der Waals surface area contributed by atoms with Gasteiger partial charge in [0.25, 0.3) is 0 Å². The van der Waals surface area contributed by atoms with E-state index in [4.69, 9.17) is 10.2 Å². The van der Waals surface area contributed by atoms with Crippen molar-refractivity contribution in [2.75, 3.05) is 6.54 Å². The molecule has 1 aromatic rings. The summed E-state index contributed by atoms with van der Waals surface area (Å²) in [6, 6.07) is 3.47. The number of hydrogen-bond acceptors (Lipinski definition) is 2. The molecule has 0 amide bonds. The molecule has 12 heavy (non-hydrogen) atoms. The van der Waals surface area contributed by atoms with Crippen LogP contribution in [-0.2, 0) is 6.42 Å². The molecular formula is C8H11BrFNO. The summed E-state index contributed by atoms with van der Waals surface area (Å²) in [5.74, 6) is 0.609. The fraction of sp³-hybridized carbons (Fsp3) is 0.500. The van der Waals surface area contributed by atoms with Crippen molar-refractivity contribution < 1.29 is 8.81 Å². The highest BCUT2D eigenvalue weighted by Gasteiger charge is 2.23. The van der Waals surface area contributed by atoms with Crippen LogP contribution in [0.2, 0.25) is 0 Å². The minimum Gasteiger partial charge on any atom is -0.454 e. The smallest absolute Gasteiger partial charge is 0.169 e. The van der Waals surface area contributed by atoms with E-state index in [2.05, 4.69) is 15.9 Å². The molecule has 0 aliphatic heterocycles. The van der Waals surface area contributed by atoms with Gasteiger partial charge in [-0.2, -0.15) is 0 Å². The van der Waals surface area contributed by atoms with Crippen LogP contribution in [0.3, 0.4) is 0 Å². The second-order valence-electron chi connectivity index (χ2n) is 3.00. The van der Waals surface area contributed by atoms with Crippen molar-refractivity contribution >= 4 is 15.9 Å². The number of furan rings is 1. The number of halogens is 2. The average Bonchev–Trinajstić information content (AvgIpc) is 2.35. The summed E-state index contributed by atoms with van der Waals surface area (Å²) in [5.41, 5.74) is 3.85. The molecule has 1 heterocycles. The van der Waals surface area contributed by atoms with E-state index in [0.717, 1.165) is 0 Å². The van der Waals surface area contributed by atoms with Gasteiger partial charge in [0, 0.05) is 13.0 Å². The highest BCUT2D eigenvalue weighted by Crippen LogP contribution is 2.20. The van der Waals surface area contributed by atoms with Gasteiger partial charge in [0.1, 0.15) is 11.4 Å². The van der Waals surface area contributed by atoms with Crippen LogP contribution in [-0.4, -0.2) is 12.2 Å². The van der Waals surface area contributed by atoms with Gasteiger partial charge >= 0.3 is 0 Å². The highest BCUT2D eigenvalue weighted by atomic mass is 79.9. The molecule has 1 aromatic heterocycles. The summed E-state index contributed by atoms with van der Waals surface area (Å²) in [7, 11) is 0. The first kappa shape index (κ1) is 9.74. The summed E-state index contributed by atoms with van der Waals surface area (Å²) in [4.78, 5) is 0. The Hall–Kier alpha value is -0.350. The molecule has 2 nitrogen and oxygen atoms in total. The maximum absolute atomic E-state index is 13.3. The van der Waals surface area contributed by atoms with Crippen molar-refractivity contribution in [1.29, 1.82) is 0 Å². The van der Waals surface area contributed by atoms with Crippen LogP contribution in [0.15, 0.2) is 21.2 Å². The molecule has 1 rings (SSSR count). The van der Waals surface area contributed by atoms with Crippen molar-refractivity contribution in [3.8, 4) is 0 Å². The lowest BCUT2D eigenvalue weighted by atomic mass is 10.0. The molecule has 1 atom stereocenters. The largest absolute Gasteiger partial charge is 0.454 e. The second-order valence-corrected chi connectivity index (χ2v) is 3.78. The Labute approximate surface area is 79.1 Å². The Bertz CT molecular complexity index is 259. The molecule has 0 spiro atoms. The lowest BCUT2D eigenvalue weighted by molar-refractivity contribution is 0.188. The fourth-order valence-electron chi connectivity index (χ4n) is 0.882. The Morgan fingerprint density at radius 2 is 2.33 bits per heavy atom. The molecule has 0 saturated carbocycles. The molecule has 0 bridgehead atoms. The molecule has 1 unspecified atom stereocenters. The van der Waals surface area contributed by atoms with Gasteiger partial charge in [0.15, 0.2) is 4.67 Å². The zero-order chi connectivity index (χ0) is 9.19. The first-order valence-corrected chi connectivity index (χ1v) is 4.46. The quantitative estimate of drug-likeness (QED) is 0.874. The lowest BCUT2D eigenvalue weighted by Gasteiger charge is -2.15. The van der Waals surface area contributed by atoms with Crippen LogP contribution in [0, 0.1) is 0 Å². The number of alkyl halides is 1. The number of nitrogens with two attached hydrogens (primary N) is 1. The van der Waals surface area contributed by atoms with Crippen molar-refractivity contribution in [2.24, 2.45) is 5.73 Å². The van der Waals surface area contributed by atoms with Crippen LogP contribution in [0.25, 0.3) is 0 Å². The standard InChI is InChI=1S/C8H11BrFNO/c1-8(10,5-11)4-6-2-3-7(9)12-6/h2-3H,4-5,11H2,1H3. The predicted octanol–water partition coefficient (Wildman–Crippen LogP) is 2.27. The summed E-state index contributed by atoms with van der Waals surface area (Å²) < 4.78 is 19.1. The molecule has 0 radical (unpaired) electrons. The Morgan fingerprint density at radius 3 is 2.75 bits per heavy atom. The highest BCUT2D eigenvalue weighted by molar-refractivity contribution is 9.10. The maximum atomic E-state index is 13.3. The molecular weight excluding hydrogens is 225 g/mol. The van der Waals surface area contributed by atoms with E-state index >= 15 is 0 Å². The minimum atomic E-state index is -1.38. The third kappa shape index (κ3) is 2.60. The lowest BCUT2D eigenvalue weighted by Crippen LogP contribution is -2.31. The Kier molecular flexibility index (Phi) is 2.90. The molecule has 0 aromatic carbocycles. The van der Waals surface area contributed by atoms with E-state index in [1.54, 1.807) is 12.1 Å². The van der Waals surface area contributed by atoms with Gasteiger partial charge in [-0.1, -0.05) is 0 Å². The zero-order valence-corrected chi connectivity index (χ0v) is 8.40. The third-order valence-electron chi connectivity index (χ3n) is 1.60. The molecule has 0 aliphatic rings. The zero-order valence-electron chi connectivity index (χ0n) is 6.81. The van der Waals surface area contributed by atoms with Gasteiger partial charge in [-0.05, 0) is 35.0 Å². The molecule has 4 heteroatoms. The summed E-state index contributed by atoms with van der Waals surface area (Å²) in [5, 5.41) is 0. The van der Waals surface area contributed by atoms with Crippen molar-refractivity contribution in [2.45, 2.75) is 19.0 Å². The van der Waals surface area contributed by atoms with E-state index < -0.39 is 5.67 Å². The molecule has 2 N–H and O–H groups in total. The second kappa shape index (κ2) is 3.58. The van der Waals surface area contributed by atoms with Gasteiger partial charge in [-0.15, -0.1) is 0 Å². The van der Waals surface area contributed by atoms with Crippen LogP contribution >= 0.6 is 15.9 Å². The van der Waals surface area contributed by atoms with Gasteiger partial charge in [0.2, 0.25) is 0 Å². The van der Waals surface area contributed by atoms with E-state index in [1.165, 1.54) is 6.92 Å². The van der Waals surface area contributed by atoms with E-state index in [-0.39, 0.29) is 13.0 Å². The first-order chi connectivity index (χ1) is 5.53. The van der Waals surface area contributed by atoms with E-state index in [0.29, 0.717) is 10.4 Å². The van der Waals surface area contributed by atoms with Crippen LogP contribution in [0.4, 0.5) is 4.39 Å². The van der Waals surface area contributed by atoms with Crippen molar-refractivity contribution in [3.63, 3.8) is 0 Å². The topological polar surface area (TPSA) is 39.2 Å².